The van der Waals surface area contributed by atoms with E-state index in [9.17, 15) is 14.4 Å². The number of carbonyl (C=O) groups is 3. The zero-order valence-corrected chi connectivity index (χ0v) is 33.5. The zero-order valence-electron chi connectivity index (χ0n) is 32.8. The number of aromatic nitrogens is 2. The quantitative estimate of drug-likeness (QED) is 0.0926. The molecule has 7 aromatic rings. The number of rotatable bonds is 13. The number of H-pyrrole nitrogens is 1. The number of hydrogen-bond acceptors (Lipinski definition) is 5. The van der Waals surface area contributed by atoms with E-state index in [1.54, 1.807) is 47.2 Å². The van der Waals surface area contributed by atoms with Crippen LogP contribution < -0.4 is 0 Å². The van der Waals surface area contributed by atoms with E-state index in [0.29, 0.717) is 46.4 Å². The third kappa shape index (κ3) is 9.32. The molecule has 2 fully saturated rings. The van der Waals surface area contributed by atoms with Gasteiger partial charge in [0.15, 0.2) is 0 Å². The molecule has 0 aliphatic heterocycles. The first-order valence-electron chi connectivity index (χ1n) is 20.1. The van der Waals surface area contributed by atoms with Gasteiger partial charge in [0.25, 0.3) is 5.91 Å². The second kappa shape index (κ2) is 17.6. The minimum Gasteiger partial charge on any atom is -0.458 e. The fourth-order valence-electron chi connectivity index (χ4n) is 7.51. The molecular weight excluding hydrogens is 756 g/mol. The highest BCUT2D eigenvalue weighted by atomic mass is 35.5. The lowest BCUT2D eigenvalue weighted by molar-refractivity contribution is 0.0539. The van der Waals surface area contributed by atoms with Gasteiger partial charge < -0.3 is 14.5 Å². The van der Waals surface area contributed by atoms with Crippen LogP contribution in [0, 0.1) is 0 Å². The van der Waals surface area contributed by atoms with Gasteiger partial charge in [0.2, 0.25) is 0 Å². The van der Waals surface area contributed by atoms with Gasteiger partial charge >= 0.3 is 11.9 Å². The zero-order chi connectivity index (χ0) is 40.9. The van der Waals surface area contributed by atoms with Crippen LogP contribution in [0.1, 0.15) is 102 Å². The minimum atomic E-state index is -0.321. The predicted molar refractivity (Wildman–Crippen MR) is 235 cm³/mol. The molecule has 7 nitrogen and oxygen atoms in total. The number of aromatic amines is 1. The maximum atomic E-state index is 13.0. The van der Waals surface area contributed by atoms with Crippen molar-refractivity contribution < 1.29 is 23.9 Å². The summed E-state index contributed by atoms with van der Waals surface area (Å²) in [5, 5.41) is 2.74. The molecule has 296 valence electrons. The molecule has 59 heavy (non-hydrogen) atoms. The van der Waals surface area contributed by atoms with Crippen LogP contribution in [0.25, 0.3) is 21.8 Å². The smallest absolute Gasteiger partial charge is 0.338 e. The van der Waals surface area contributed by atoms with E-state index < -0.39 is 0 Å². The van der Waals surface area contributed by atoms with Gasteiger partial charge in [-0.1, -0.05) is 73.3 Å². The first kappa shape index (κ1) is 39.4. The number of esters is 2. The number of hydrogen-bond donors (Lipinski definition) is 1. The predicted octanol–water partition coefficient (Wildman–Crippen LogP) is 11.8. The van der Waals surface area contributed by atoms with Crippen LogP contribution in [-0.4, -0.2) is 40.6 Å². The minimum absolute atomic E-state index is 0.109. The van der Waals surface area contributed by atoms with Gasteiger partial charge in [-0.3, -0.25) is 9.36 Å². The Morgan fingerprint density at radius 2 is 1.22 bits per heavy atom. The van der Waals surface area contributed by atoms with E-state index in [1.807, 2.05) is 42.6 Å². The normalized spacial score (nSPS) is 13.4. The molecule has 0 bridgehead atoms. The first-order chi connectivity index (χ1) is 28.8. The lowest BCUT2D eigenvalue weighted by Crippen LogP contribution is -2.10. The molecule has 2 heterocycles. The highest BCUT2D eigenvalue weighted by Crippen LogP contribution is 2.42. The van der Waals surface area contributed by atoms with Crippen molar-refractivity contribution in [2.24, 2.45) is 0 Å². The van der Waals surface area contributed by atoms with Gasteiger partial charge in [0.1, 0.15) is 13.2 Å². The highest BCUT2D eigenvalue weighted by molar-refractivity contribution is 6.30. The number of benzene rings is 5. The summed E-state index contributed by atoms with van der Waals surface area (Å²) in [6.07, 6.45) is 13.0. The Balaban J connectivity index is 0.000000172. The van der Waals surface area contributed by atoms with Crippen molar-refractivity contribution in [2.45, 2.75) is 50.4 Å². The Morgan fingerprint density at radius 3 is 1.78 bits per heavy atom. The number of carbonyl (C=O) groups excluding carboxylic acids is 3. The second-order valence-electron chi connectivity index (χ2n) is 15.3. The number of ether oxygens (including phenoxy) is 2. The largest absolute Gasteiger partial charge is 0.458 e. The highest BCUT2D eigenvalue weighted by Gasteiger charge is 2.27. The standard InChI is InChI=1S/C29H24ClNO3.C22H21NO2/c1-2-15-34-29(33)26-18-22(20-4-5-20)6-7-23(26)16-19-3-12-27-24(17-19)13-14-31(27)28(32)21-8-10-25(30)11-9-21;1-2-11-25-22(24)20-14-17(16-4-5-16)6-7-18(20)12-15-3-8-21-19(13-15)9-10-23-21/h2-3,6-14,17-18,20H,1,4-5,15-16H2;2-3,6-10,13-14,16,23H,1,4-5,11-12H2. The molecule has 2 aromatic heterocycles. The fourth-order valence-corrected chi connectivity index (χ4v) is 7.63. The maximum absolute atomic E-state index is 13.0. The Labute approximate surface area is 348 Å². The molecule has 5 aromatic carbocycles. The summed E-state index contributed by atoms with van der Waals surface area (Å²) >= 11 is 5.95. The van der Waals surface area contributed by atoms with E-state index in [0.717, 1.165) is 33.1 Å². The Morgan fingerprint density at radius 1 is 0.661 bits per heavy atom. The lowest BCUT2D eigenvalue weighted by atomic mass is 9.96. The fraction of sp³-hybridized carbons (Fsp3) is 0.196. The summed E-state index contributed by atoms with van der Waals surface area (Å²) in [4.78, 5) is 41.4. The monoisotopic (exact) mass is 800 g/mol. The molecule has 0 unspecified atom stereocenters. The molecule has 0 radical (unpaired) electrons. The molecule has 1 N–H and O–H groups in total. The van der Waals surface area contributed by atoms with Gasteiger partial charge in [0.05, 0.1) is 16.6 Å². The SMILES string of the molecule is C=CCOC(=O)c1cc(C2CC2)ccc1Cc1ccc2[nH]ccc2c1.C=CCOC(=O)c1cc(C2CC2)ccc1Cc1ccc2c(ccn2C(=O)c2ccc(Cl)cc2)c1. The van der Waals surface area contributed by atoms with Crippen LogP contribution in [-0.2, 0) is 22.3 Å². The third-order valence-electron chi connectivity index (χ3n) is 10.9. The molecular formula is C51H45ClN2O5. The van der Waals surface area contributed by atoms with Crippen LogP contribution in [0.15, 0.2) is 147 Å². The summed E-state index contributed by atoms with van der Waals surface area (Å²) in [6.45, 7) is 7.67. The first-order valence-corrected chi connectivity index (χ1v) is 20.4. The lowest BCUT2D eigenvalue weighted by Gasteiger charge is -2.12. The summed E-state index contributed by atoms with van der Waals surface area (Å²) in [5.41, 5.74) is 10.4. The van der Waals surface area contributed by atoms with E-state index in [-0.39, 0.29) is 31.1 Å². The second-order valence-corrected chi connectivity index (χ2v) is 15.7. The van der Waals surface area contributed by atoms with Crippen molar-refractivity contribution in [3.8, 4) is 0 Å². The van der Waals surface area contributed by atoms with Gasteiger partial charge in [-0.05, 0) is 162 Å². The van der Waals surface area contributed by atoms with Gasteiger partial charge in [-0.15, -0.1) is 0 Å². The molecule has 2 aliphatic carbocycles. The van der Waals surface area contributed by atoms with E-state index in [4.69, 9.17) is 21.1 Å². The average Bonchev–Trinajstić information content (AvgIpc) is 4.20. The van der Waals surface area contributed by atoms with Gasteiger partial charge in [-0.25, -0.2) is 9.59 Å². The number of halogens is 1. The molecule has 9 rings (SSSR count). The maximum Gasteiger partial charge on any atom is 0.338 e. The van der Waals surface area contributed by atoms with Gasteiger partial charge in [0, 0.05) is 33.9 Å². The van der Waals surface area contributed by atoms with Gasteiger partial charge in [-0.2, -0.15) is 0 Å². The summed E-state index contributed by atoms with van der Waals surface area (Å²) in [7, 11) is 0. The van der Waals surface area contributed by atoms with Crippen LogP contribution >= 0.6 is 11.6 Å². The van der Waals surface area contributed by atoms with Crippen molar-refractivity contribution in [1.82, 2.24) is 9.55 Å². The molecule has 2 aliphatic rings. The molecule has 0 saturated heterocycles. The Bertz CT molecular complexity index is 2700. The Kier molecular flexibility index (Phi) is 11.7. The van der Waals surface area contributed by atoms with Crippen molar-refractivity contribution in [2.75, 3.05) is 13.2 Å². The Hall–Kier alpha value is -6.44. The van der Waals surface area contributed by atoms with Crippen molar-refractivity contribution in [1.29, 1.82) is 0 Å². The summed E-state index contributed by atoms with van der Waals surface area (Å²) < 4.78 is 12.3. The average molecular weight is 801 g/mol. The number of nitrogens with zero attached hydrogens (tertiary/aromatic N) is 1. The molecule has 2 saturated carbocycles. The van der Waals surface area contributed by atoms with E-state index in [2.05, 4.69) is 66.7 Å². The van der Waals surface area contributed by atoms with Crippen molar-refractivity contribution >= 4 is 51.3 Å². The van der Waals surface area contributed by atoms with Crippen molar-refractivity contribution in [3.63, 3.8) is 0 Å². The number of fused-ring (bicyclic) bond motifs is 2. The molecule has 0 amide bonds. The van der Waals surface area contributed by atoms with Crippen molar-refractivity contribution in [3.05, 3.63) is 202 Å². The summed E-state index contributed by atoms with van der Waals surface area (Å²) in [6, 6.07) is 35.7. The topological polar surface area (TPSA) is 90.4 Å². The van der Waals surface area contributed by atoms with Crippen LogP contribution in [0.2, 0.25) is 5.02 Å². The third-order valence-corrected chi connectivity index (χ3v) is 11.2. The molecule has 0 atom stereocenters. The molecule has 8 heteroatoms. The van der Waals surface area contributed by atoms with Crippen LogP contribution in [0.5, 0.6) is 0 Å². The summed E-state index contributed by atoms with van der Waals surface area (Å²) in [5.74, 6) is 0.464. The number of nitrogens with one attached hydrogen (secondary N) is 1. The van der Waals surface area contributed by atoms with Crippen LogP contribution in [0.3, 0.4) is 0 Å². The molecule has 0 spiro atoms. The van der Waals surface area contributed by atoms with Crippen LogP contribution in [0.4, 0.5) is 0 Å². The van der Waals surface area contributed by atoms with E-state index in [1.165, 1.54) is 47.8 Å². The van der Waals surface area contributed by atoms with E-state index >= 15 is 0 Å².